The standard InChI is InChI=1S/C20H14O4/c21-19(22)15-8-4-7-14(11-15)18-12-16(20(23)24)9-10-17(18)13-5-2-1-3-6-13/h1-12H,(H,21,22)(H,23,24). The van der Waals surface area contributed by atoms with Gasteiger partial charge >= 0.3 is 11.9 Å². The quantitative estimate of drug-likeness (QED) is 0.747. The van der Waals surface area contributed by atoms with Gasteiger partial charge in [-0.15, -0.1) is 0 Å². The first-order valence-corrected chi connectivity index (χ1v) is 7.33. The molecule has 0 amide bonds. The summed E-state index contributed by atoms with van der Waals surface area (Å²) in [6.07, 6.45) is 0. The minimum Gasteiger partial charge on any atom is -0.478 e. The predicted molar refractivity (Wildman–Crippen MR) is 91.2 cm³/mol. The van der Waals surface area contributed by atoms with E-state index in [1.54, 1.807) is 36.4 Å². The molecule has 0 fully saturated rings. The fourth-order valence-electron chi connectivity index (χ4n) is 2.61. The molecule has 3 rings (SSSR count). The van der Waals surface area contributed by atoms with Crippen molar-refractivity contribution in [2.24, 2.45) is 0 Å². The van der Waals surface area contributed by atoms with Crippen LogP contribution >= 0.6 is 0 Å². The number of carboxylic acid groups (broad SMARTS) is 2. The van der Waals surface area contributed by atoms with Crippen LogP contribution in [0.2, 0.25) is 0 Å². The van der Waals surface area contributed by atoms with Crippen LogP contribution in [0.5, 0.6) is 0 Å². The van der Waals surface area contributed by atoms with Crippen molar-refractivity contribution in [3.63, 3.8) is 0 Å². The molecule has 0 heterocycles. The van der Waals surface area contributed by atoms with E-state index in [0.717, 1.165) is 11.1 Å². The first kappa shape index (κ1) is 15.5. The molecule has 0 radical (unpaired) electrons. The van der Waals surface area contributed by atoms with Crippen LogP contribution in [0.4, 0.5) is 0 Å². The van der Waals surface area contributed by atoms with Crippen molar-refractivity contribution in [1.29, 1.82) is 0 Å². The number of hydrogen-bond donors (Lipinski definition) is 2. The zero-order valence-corrected chi connectivity index (χ0v) is 12.6. The van der Waals surface area contributed by atoms with Gasteiger partial charge in [0.05, 0.1) is 11.1 Å². The predicted octanol–water partition coefficient (Wildman–Crippen LogP) is 4.42. The first-order chi connectivity index (χ1) is 11.6. The summed E-state index contributed by atoms with van der Waals surface area (Å²) in [6.45, 7) is 0. The van der Waals surface area contributed by atoms with Gasteiger partial charge in [0.1, 0.15) is 0 Å². The van der Waals surface area contributed by atoms with Crippen LogP contribution in [0.15, 0.2) is 72.8 Å². The third-order valence-corrected chi connectivity index (χ3v) is 3.77. The van der Waals surface area contributed by atoms with Gasteiger partial charge in [-0.1, -0.05) is 48.5 Å². The topological polar surface area (TPSA) is 74.6 Å². The molecule has 0 aliphatic heterocycles. The Kier molecular flexibility index (Phi) is 4.12. The third-order valence-electron chi connectivity index (χ3n) is 3.77. The Labute approximate surface area is 138 Å². The molecule has 0 aliphatic rings. The molecule has 0 saturated carbocycles. The Balaban J connectivity index is 2.24. The van der Waals surface area contributed by atoms with Crippen molar-refractivity contribution in [2.45, 2.75) is 0 Å². The van der Waals surface area contributed by atoms with Crippen LogP contribution < -0.4 is 0 Å². The van der Waals surface area contributed by atoms with E-state index >= 15 is 0 Å². The number of rotatable bonds is 4. The van der Waals surface area contributed by atoms with Gasteiger partial charge in [0.25, 0.3) is 0 Å². The van der Waals surface area contributed by atoms with E-state index in [9.17, 15) is 19.8 Å². The maximum absolute atomic E-state index is 11.3. The Morgan fingerprint density at radius 1 is 0.583 bits per heavy atom. The molecular formula is C20H14O4. The van der Waals surface area contributed by atoms with Crippen molar-refractivity contribution in [3.05, 3.63) is 83.9 Å². The van der Waals surface area contributed by atoms with Gasteiger partial charge in [-0.2, -0.15) is 0 Å². The zero-order valence-electron chi connectivity index (χ0n) is 12.6. The molecule has 0 aliphatic carbocycles. The zero-order chi connectivity index (χ0) is 17.1. The van der Waals surface area contributed by atoms with Crippen LogP contribution in [0.25, 0.3) is 22.3 Å². The fourth-order valence-corrected chi connectivity index (χ4v) is 2.61. The minimum atomic E-state index is -1.02. The molecule has 0 aromatic heterocycles. The van der Waals surface area contributed by atoms with E-state index in [0.29, 0.717) is 11.1 Å². The average Bonchev–Trinajstić information content (AvgIpc) is 2.62. The van der Waals surface area contributed by atoms with Gasteiger partial charge in [-0.05, 0) is 46.5 Å². The van der Waals surface area contributed by atoms with Gasteiger partial charge in [0, 0.05) is 0 Å². The van der Waals surface area contributed by atoms with Gasteiger partial charge in [-0.25, -0.2) is 9.59 Å². The van der Waals surface area contributed by atoms with Crippen molar-refractivity contribution >= 4 is 11.9 Å². The summed E-state index contributed by atoms with van der Waals surface area (Å²) in [7, 11) is 0. The van der Waals surface area contributed by atoms with Gasteiger partial charge < -0.3 is 10.2 Å². The highest BCUT2D eigenvalue weighted by molar-refractivity contribution is 5.95. The Bertz CT molecular complexity index is 914. The van der Waals surface area contributed by atoms with E-state index in [4.69, 9.17) is 0 Å². The highest BCUT2D eigenvalue weighted by atomic mass is 16.4. The SMILES string of the molecule is O=C(O)c1cccc(-c2cc(C(=O)O)ccc2-c2ccccc2)c1. The van der Waals surface area contributed by atoms with E-state index < -0.39 is 11.9 Å². The summed E-state index contributed by atoms with van der Waals surface area (Å²) >= 11 is 0. The third kappa shape index (κ3) is 3.03. The average molecular weight is 318 g/mol. The normalized spacial score (nSPS) is 10.3. The molecule has 0 atom stereocenters. The van der Waals surface area contributed by atoms with Crippen LogP contribution in [-0.4, -0.2) is 22.2 Å². The van der Waals surface area contributed by atoms with Crippen molar-refractivity contribution in [1.82, 2.24) is 0 Å². The van der Waals surface area contributed by atoms with Gasteiger partial charge in [-0.3, -0.25) is 0 Å². The monoisotopic (exact) mass is 318 g/mol. The molecule has 2 N–H and O–H groups in total. The Morgan fingerprint density at radius 2 is 1.21 bits per heavy atom. The molecule has 24 heavy (non-hydrogen) atoms. The molecule has 0 saturated heterocycles. The van der Waals surface area contributed by atoms with Crippen LogP contribution in [-0.2, 0) is 0 Å². The lowest BCUT2D eigenvalue weighted by molar-refractivity contribution is 0.0686. The van der Waals surface area contributed by atoms with E-state index in [-0.39, 0.29) is 11.1 Å². The number of hydrogen-bond acceptors (Lipinski definition) is 2. The molecule has 3 aromatic carbocycles. The number of aromatic carboxylic acids is 2. The lowest BCUT2D eigenvalue weighted by Gasteiger charge is -2.12. The van der Waals surface area contributed by atoms with Crippen LogP contribution in [0.3, 0.4) is 0 Å². The number of carboxylic acids is 2. The van der Waals surface area contributed by atoms with E-state index in [1.807, 2.05) is 30.3 Å². The fraction of sp³-hybridized carbons (Fsp3) is 0. The summed E-state index contributed by atoms with van der Waals surface area (Å²) in [5, 5.41) is 18.5. The maximum Gasteiger partial charge on any atom is 0.335 e. The van der Waals surface area contributed by atoms with Gasteiger partial charge in [0.2, 0.25) is 0 Å². The summed E-state index contributed by atoms with van der Waals surface area (Å²) in [6, 6.07) is 20.9. The number of benzene rings is 3. The first-order valence-electron chi connectivity index (χ1n) is 7.33. The molecule has 4 heteroatoms. The van der Waals surface area contributed by atoms with Crippen molar-refractivity contribution < 1.29 is 19.8 Å². The van der Waals surface area contributed by atoms with Crippen molar-refractivity contribution in [3.8, 4) is 22.3 Å². The number of carbonyl (C=O) groups is 2. The summed E-state index contributed by atoms with van der Waals surface area (Å²) < 4.78 is 0. The molecule has 118 valence electrons. The van der Waals surface area contributed by atoms with E-state index in [1.165, 1.54) is 6.07 Å². The van der Waals surface area contributed by atoms with Crippen LogP contribution in [0, 0.1) is 0 Å². The second kappa shape index (κ2) is 6.38. The molecule has 0 unspecified atom stereocenters. The molecule has 0 spiro atoms. The lowest BCUT2D eigenvalue weighted by Crippen LogP contribution is -1.99. The van der Waals surface area contributed by atoms with Gasteiger partial charge in [0.15, 0.2) is 0 Å². The molecule has 3 aromatic rings. The highest BCUT2D eigenvalue weighted by Gasteiger charge is 2.13. The lowest BCUT2D eigenvalue weighted by atomic mass is 9.92. The molecular weight excluding hydrogens is 304 g/mol. The second-order valence-corrected chi connectivity index (χ2v) is 5.32. The highest BCUT2D eigenvalue weighted by Crippen LogP contribution is 2.33. The summed E-state index contributed by atoms with van der Waals surface area (Å²) in [5.74, 6) is -2.04. The largest absolute Gasteiger partial charge is 0.478 e. The second-order valence-electron chi connectivity index (χ2n) is 5.32. The Morgan fingerprint density at radius 3 is 1.88 bits per heavy atom. The van der Waals surface area contributed by atoms with Crippen molar-refractivity contribution in [2.75, 3.05) is 0 Å². The van der Waals surface area contributed by atoms with Crippen LogP contribution in [0.1, 0.15) is 20.7 Å². The molecule has 0 bridgehead atoms. The Hall–Kier alpha value is -3.40. The summed E-state index contributed by atoms with van der Waals surface area (Å²) in [4.78, 5) is 22.5. The summed E-state index contributed by atoms with van der Waals surface area (Å²) in [5.41, 5.74) is 3.45. The minimum absolute atomic E-state index is 0.158. The smallest absolute Gasteiger partial charge is 0.335 e. The molecule has 4 nitrogen and oxygen atoms in total. The van der Waals surface area contributed by atoms with E-state index in [2.05, 4.69) is 0 Å². The maximum atomic E-state index is 11.3.